The largest absolute Gasteiger partial charge is 0.370 e. The Morgan fingerprint density at radius 1 is 1.41 bits per heavy atom. The van der Waals surface area contributed by atoms with E-state index in [0.29, 0.717) is 18.4 Å². The van der Waals surface area contributed by atoms with Gasteiger partial charge < -0.3 is 11.1 Å². The van der Waals surface area contributed by atoms with E-state index in [0.717, 1.165) is 23.0 Å². The molecule has 1 rings (SSSR count). The number of benzene rings is 1. The molecule has 4 heteroatoms. The molecule has 0 saturated heterocycles. The van der Waals surface area contributed by atoms with E-state index in [-0.39, 0.29) is 0 Å². The smallest absolute Gasteiger partial charge is 0.188 e. The van der Waals surface area contributed by atoms with Crippen LogP contribution in [0.5, 0.6) is 0 Å². The third-order valence-electron chi connectivity index (χ3n) is 2.41. The zero-order chi connectivity index (χ0) is 12.7. The number of aliphatic imine (C=N–C) groups is 1. The Balaban J connectivity index is 2.40. The zero-order valence-electron chi connectivity index (χ0n) is 10.4. The fourth-order valence-corrected chi connectivity index (χ4v) is 1.75. The van der Waals surface area contributed by atoms with Crippen LogP contribution in [-0.4, -0.2) is 12.5 Å². The molecule has 0 spiro atoms. The number of nitrogens with zero attached hydrogens (tertiary/aromatic N) is 1. The van der Waals surface area contributed by atoms with Gasteiger partial charge in [-0.05, 0) is 24.0 Å². The van der Waals surface area contributed by atoms with Crippen molar-refractivity contribution in [3.05, 3.63) is 34.3 Å². The van der Waals surface area contributed by atoms with Crippen LogP contribution in [0.4, 0.5) is 0 Å². The molecule has 0 saturated carbocycles. The Kier molecular flexibility index (Phi) is 6.05. The Morgan fingerprint density at radius 2 is 2.12 bits per heavy atom. The minimum Gasteiger partial charge on any atom is -0.370 e. The summed E-state index contributed by atoms with van der Waals surface area (Å²) in [5.74, 6) is 1.19. The maximum absolute atomic E-state index is 5.78. The standard InChI is InChI=1S/C13H20BrN3/c1-10(2)7-8-16-13(15)17-9-11-5-3-4-6-12(11)14/h3-6,10H,7-9H2,1-2H3,(H3,15,16,17). The Bertz CT molecular complexity index is 375. The van der Waals surface area contributed by atoms with Crippen molar-refractivity contribution in [3.63, 3.8) is 0 Å². The number of hydrogen-bond acceptors (Lipinski definition) is 1. The fraction of sp³-hybridized carbons (Fsp3) is 0.462. The molecule has 94 valence electrons. The topological polar surface area (TPSA) is 50.4 Å². The lowest BCUT2D eigenvalue weighted by molar-refractivity contribution is 0.576. The van der Waals surface area contributed by atoms with Gasteiger partial charge >= 0.3 is 0 Å². The van der Waals surface area contributed by atoms with Gasteiger partial charge in [0.05, 0.1) is 6.54 Å². The number of rotatable bonds is 5. The van der Waals surface area contributed by atoms with E-state index in [1.54, 1.807) is 0 Å². The van der Waals surface area contributed by atoms with Crippen molar-refractivity contribution in [2.75, 3.05) is 6.54 Å². The van der Waals surface area contributed by atoms with Crippen LogP contribution in [0, 0.1) is 5.92 Å². The van der Waals surface area contributed by atoms with Crippen molar-refractivity contribution >= 4 is 21.9 Å². The minimum atomic E-state index is 0.515. The molecule has 0 aliphatic rings. The lowest BCUT2D eigenvalue weighted by atomic mass is 10.1. The number of nitrogens with one attached hydrogen (secondary N) is 1. The van der Waals surface area contributed by atoms with Crippen molar-refractivity contribution in [2.45, 2.75) is 26.8 Å². The second-order valence-corrected chi connectivity index (χ2v) is 5.26. The molecule has 0 aliphatic heterocycles. The molecular formula is C13H20BrN3. The van der Waals surface area contributed by atoms with E-state index in [1.165, 1.54) is 0 Å². The highest BCUT2D eigenvalue weighted by Gasteiger charge is 1.98. The van der Waals surface area contributed by atoms with Crippen LogP contribution >= 0.6 is 15.9 Å². The van der Waals surface area contributed by atoms with Gasteiger partial charge in [0.1, 0.15) is 0 Å². The summed E-state index contributed by atoms with van der Waals surface area (Å²) in [4.78, 5) is 4.31. The molecule has 1 aromatic carbocycles. The van der Waals surface area contributed by atoms with E-state index in [4.69, 9.17) is 5.73 Å². The molecule has 0 amide bonds. The summed E-state index contributed by atoms with van der Waals surface area (Å²) in [6, 6.07) is 8.03. The molecule has 0 unspecified atom stereocenters. The third-order valence-corrected chi connectivity index (χ3v) is 3.18. The van der Waals surface area contributed by atoms with Gasteiger partial charge in [-0.3, -0.25) is 0 Å². The molecule has 0 radical (unpaired) electrons. The second-order valence-electron chi connectivity index (χ2n) is 4.40. The fourth-order valence-electron chi connectivity index (χ4n) is 1.34. The summed E-state index contributed by atoms with van der Waals surface area (Å²) in [7, 11) is 0. The summed E-state index contributed by atoms with van der Waals surface area (Å²) in [5.41, 5.74) is 6.92. The molecule has 1 aromatic rings. The van der Waals surface area contributed by atoms with Gasteiger partial charge in [-0.25, -0.2) is 4.99 Å². The number of halogens is 1. The lowest BCUT2D eigenvalue weighted by Gasteiger charge is -2.07. The van der Waals surface area contributed by atoms with Gasteiger partial charge in [0.15, 0.2) is 5.96 Å². The maximum Gasteiger partial charge on any atom is 0.188 e. The molecular weight excluding hydrogens is 278 g/mol. The predicted octanol–water partition coefficient (Wildman–Crippen LogP) is 2.90. The molecule has 0 fully saturated rings. The average molecular weight is 298 g/mol. The van der Waals surface area contributed by atoms with Crippen molar-refractivity contribution in [1.82, 2.24) is 5.32 Å². The normalized spacial score (nSPS) is 11.9. The summed E-state index contributed by atoms with van der Waals surface area (Å²) in [6.45, 7) is 5.86. The van der Waals surface area contributed by atoms with Crippen molar-refractivity contribution in [3.8, 4) is 0 Å². The highest BCUT2D eigenvalue weighted by Crippen LogP contribution is 2.16. The summed E-state index contributed by atoms with van der Waals surface area (Å²) < 4.78 is 1.07. The molecule has 0 bridgehead atoms. The molecule has 3 nitrogen and oxygen atoms in total. The quantitative estimate of drug-likeness (QED) is 0.648. The molecule has 17 heavy (non-hydrogen) atoms. The van der Waals surface area contributed by atoms with Crippen LogP contribution in [0.25, 0.3) is 0 Å². The second kappa shape index (κ2) is 7.33. The minimum absolute atomic E-state index is 0.515. The maximum atomic E-state index is 5.78. The van der Waals surface area contributed by atoms with Crippen LogP contribution in [0.1, 0.15) is 25.8 Å². The van der Waals surface area contributed by atoms with Crippen LogP contribution in [0.3, 0.4) is 0 Å². The SMILES string of the molecule is CC(C)CCNC(N)=NCc1ccccc1Br. The Hall–Kier alpha value is -1.03. The highest BCUT2D eigenvalue weighted by molar-refractivity contribution is 9.10. The first-order chi connectivity index (χ1) is 8.09. The van der Waals surface area contributed by atoms with Crippen molar-refractivity contribution in [1.29, 1.82) is 0 Å². The molecule has 0 heterocycles. The van der Waals surface area contributed by atoms with E-state index in [9.17, 15) is 0 Å². The summed E-state index contributed by atoms with van der Waals surface area (Å²) in [6.07, 6.45) is 1.10. The van der Waals surface area contributed by atoms with E-state index in [2.05, 4.69) is 40.1 Å². The van der Waals surface area contributed by atoms with Gasteiger partial charge in [-0.15, -0.1) is 0 Å². The first-order valence-electron chi connectivity index (χ1n) is 5.86. The highest BCUT2D eigenvalue weighted by atomic mass is 79.9. The molecule has 0 aliphatic carbocycles. The van der Waals surface area contributed by atoms with Crippen LogP contribution < -0.4 is 11.1 Å². The zero-order valence-corrected chi connectivity index (χ0v) is 12.0. The number of guanidine groups is 1. The van der Waals surface area contributed by atoms with Crippen LogP contribution in [0.2, 0.25) is 0 Å². The summed E-state index contributed by atoms with van der Waals surface area (Å²) in [5, 5.41) is 3.12. The van der Waals surface area contributed by atoms with Gasteiger partial charge in [0.25, 0.3) is 0 Å². The Labute approximate surface area is 112 Å². The first kappa shape index (κ1) is 14.0. The van der Waals surface area contributed by atoms with Gasteiger partial charge in [0.2, 0.25) is 0 Å². The first-order valence-corrected chi connectivity index (χ1v) is 6.66. The number of nitrogens with two attached hydrogens (primary N) is 1. The number of hydrogen-bond donors (Lipinski definition) is 2. The van der Waals surface area contributed by atoms with Crippen molar-refractivity contribution < 1.29 is 0 Å². The third kappa shape index (κ3) is 5.73. The van der Waals surface area contributed by atoms with Crippen LogP contribution in [-0.2, 0) is 6.54 Å². The average Bonchev–Trinajstić information content (AvgIpc) is 2.27. The molecule has 0 atom stereocenters. The van der Waals surface area contributed by atoms with E-state index in [1.807, 2.05) is 24.3 Å². The van der Waals surface area contributed by atoms with E-state index < -0.39 is 0 Å². The monoisotopic (exact) mass is 297 g/mol. The van der Waals surface area contributed by atoms with Gasteiger partial charge in [-0.2, -0.15) is 0 Å². The molecule has 3 N–H and O–H groups in total. The Morgan fingerprint density at radius 3 is 2.76 bits per heavy atom. The lowest BCUT2D eigenvalue weighted by Crippen LogP contribution is -2.32. The van der Waals surface area contributed by atoms with Crippen LogP contribution in [0.15, 0.2) is 33.7 Å². The van der Waals surface area contributed by atoms with E-state index >= 15 is 0 Å². The van der Waals surface area contributed by atoms with Crippen molar-refractivity contribution in [2.24, 2.45) is 16.6 Å². The molecule has 0 aromatic heterocycles. The van der Waals surface area contributed by atoms with Gasteiger partial charge in [-0.1, -0.05) is 48.0 Å². The predicted molar refractivity (Wildman–Crippen MR) is 76.9 cm³/mol. The van der Waals surface area contributed by atoms with Gasteiger partial charge in [0, 0.05) is 11.0 Å². The summed E-state index contributed by atoms with van der Waals surface area (Å²) >= 11 is 3.49.